The molecule has 2 rings (SSSR count). The van der Waals surface area contributed by atoms with Crippen LogP contribution < -0.4 is 23.3 Å². The number of carbonyl (C=O) groups is 1. The van der Waals surface area contributed by atoms with Crippen molar-refractivity contribution in [3.63, 3.8) is 0 Å². The van der Waals surface area contributed by atoms with Crippen LogP contribution in [0.2, 0.25) is 0 Å². The highest BCUT2D eigenvalue weighted by Gasteiger charge is 2.26. The molecule has 0 aromatic heterocycles. The second-order valence-corrected chi connectivity index (χ2v) is 8.65. The number of hydrogen-bond acceptors (Lipinski definition) is 7. The number of nitrogens with zero attached hydrogens (tertiary/aromatic N) is 2. The molecule has 0 aliphatic heterocycles. The van der Waals surface area contributed by atoms with Gasteiger partial charge >= 0.3 is 0 Å². The van der Waals surface area contributed by atoms with E-state index in [0.29, 0.717) is 17.2 Å². The fourth-order valence-corrected chi connectivity index (χ4v) is 3.81. The minimum Gasteiger partial charge on any atom is -0.497 e. The maximum Gasteiger partial charge on any atom is 0.243 e. The molecule has 31 heavy (non-hydrogen) atoms. The average molecular weight is 453 g/mol. The number of sulfonamides is 1. The molecular formula is C21H28N2O7S. The molecule has 0 unspecified atom stereocenters. The van der Waals surface area contributed by atoms with Gasteiger partial charge in [0.2, 0.25) is 15.9 Å². The monoisotopic (exact) mass is 452 g/mol. The molecule has 0 aliphatic rings. The molecule has 0 saturated heterocycles. The van der Waals surface area contributed by atoms with Gasteiger partial charge in [-0.15, -0.1) is 0 Å². The largest absolute Gasteiger partial charge is 0.497 e. The number of ether oxygens (including phenoxy) is 4. The van der Waals surface area contributed by atoms with Gasteiger partial charge in [0, 0.05) is 19.7 Å². The van der Waals surface area contributed by atoms with Crippen LogP contribution in [-0.2, 0) is 21.4 Å². The van der Waals surface area contributed by atoms with Crippen molar-refractivity contribution in [2.45, 2.75) is 6.54 Å². The Morgan fingerprint density at radius 2 is 1.52 bits per heavy atom. The lowest BCUT2D eigenvalue weighted by Gasteiger charge is -2.26. The van der Waals surface area contributed by atoms with Gasteiger partial charge < -0.3 is 23.8 Å². The van der Waals surface area contributed by atoms with Gasteiger partial charge in [-0.1, -0.05) is 6.07 Å². The molecule has 1 amide bonds. The maximum absolute atomic E-state index is 12.9. The van der Waals surface area contributed by atoms with Gasteiger partial charge in [0.25, 0.3) is 0 Å². The molecule has 0 spiro atoms. The Hall–Kier alpha value is -3.14. The van der Waals surface area contributed by atoms with Gasteiger partial charge in [-0.2, -0.15) is 0 Å². The molecule has 0 fully saturated rings. The zero-order valence-electron chi connectivity index (χ0n) is 18.5. The summed E-state index contributed by atoms with van der Waals surface area (Å²) in [4.78, 5) is 14.3. The molecule has 2 aromatic carbocycles. The number of amides is 1. The van der Waals surface area contributed by atoms with E-state index in [2.05, 4.69) is 0 Å². The minimum atomic E-state index is -3.76. The van der Waals surface area contributed by atoms with Gasteiger partial charge in [-0.05, 0) is 29.8 Å². The number of likely N-dealkylation sites (N-methyl/N-ethyl adjacent to an activating group) is 1. The van der Waals surface area contributed by atoms with Crippen LogP contribution in [0.1, 0.15) is 5.56 Å². The normalized spacial score (nSPS) is 10.9. The number of hydrogen-bond donors (Lipinski definition) is 0. The maximum atomic E-state index is 12.9. The topological polar surface area (TPSA) is 94.6 Å². The molecule has 2 aromatic rings. The van der Waals surface area contributed by atoms with Crippen molar-refractivity contribution in [2.24, 2.45) is 0 Å². The highest BCUT2D eigenvalue weighted by Crippen LogP contribution is 2.33. The van der Waals surface area contributed by atoms with Gasteiger partial charge in [-0.3, -0.25) is 9.10 Å². The van der Waals surface area contributed by atoms with Gasteiger partial charge in [0.05, 0.1) is 40.4 Å². The fourth-order valence-electron chi connectivity index (χ4n) is 2.96. The molecular weight excluding hydrogens is 424 g/mol. The number of methoxy groups -OCH3 is 4. The summed E-state index contributed by atoms with van der Waals surface area (Å²) in [5.41, 5.74) is 1.06. The molecule has 0 aliphatic carbocycles. The summed E-state index contributed by atoms with van der Waals surface area (Å²) >= 11 is 0. The van der Waals surface area contributed by atoms with Crippen molar-refractivity contribution in [3.8, 4) is 23.0 Å². The summed E-state index contributed by atoms with van der Waals surface area (Å²) in [7, 11) is 3.83. The number of rotatable bonds is 10. The van der Waals surface area contributed by atoms with E-state index in [-0.39, 0.29) is 24.5 Å². The smallest absolute Gasteiger partial charge is 0.243 e. The Morgan fingerprint density at radius 1 is 0.871 bits per heavy atom. The standard InChI is InChI=1S/C21H28N2O7S/c1-22(13-15-7-10-18(28-3)20(11-15)30-5)21(24)14-23(31(6,25)26)17-9-8-16(27-2)12-19(17)29-4/h7-12H,13-14H2,1-6H3. The molecule has 9 nitrogen and oxygen atoms in total. The summed E-state index contributed by atoms with van der Waals surface area (Å²) in [6.45, 7) is -0.123. The second-order valence-electron chi connectivity index (χ2n) is 6.75. The third-order valence-corrected chi connectivity index (χ3v) is 5.75. The minimum absolute atomic E-state index is 0.249. The van der Waals surface area contributed by atoms with Crippen molar-refractivity contribution < 1.29 is 32.2 Å². The SMILES string of the molecule is COc1ccc(N(CC(=O)N(C)Cc2ccc(OC)c(OC)c2)S(C)(=O)=O)c(OC)c1. The predicted octanol–water partition coefficient (Wildman–Crippen LogP) is 2.15. The molecule has 170 valence electrons. The quantitative estimate of drug-likeness (QED) is 0.545. The zero-order chi connectivity index (χ0) is 23.2. The van der Waals surface area contributed by atoms with E-state index in [1.807, 2.05) is 6.07 Å². The summed E-state index contributed by atoms with van der Waals surface area (Å²) < 4.78 is 46.9. The van der Waals surface area contributed by atoms with Crippen molar-refractivity contribution >= 4 is 21.6 Å². The Kier molecular flexibility index (Phi) is 7.98. The lowest BCUT2D eigenvalue weighted by molar-refractivity contribution is -0.128. The lowest BCUT2D eigenvalue weighted by Crippen LogP contribution is -2.41. The summed E-state index contributed by atoms with van der Waals surface area (Å²) in [6.07, 6.45) is 1.04. The Bertz CT molecular complexity index is 1020. The van der Waals surface area contributed by atoms with E-state index >= 15 is 0 Å². The Labute approximate surface area is 183 Å². The number of benzene rings is 2. The summed E-state index contributed by atoms with van der Waals surface area (Å²) in [5, 5.41) is 0. The van der Waals surface area contributed by atoms with Crippen molar-refractivity contribution in [1.82, 2.24) is 4.90 Å². The van der Waals surface area contributed by atoms with E-state index in [4.69, 9.17) is 18.9 Å². The van der Waals surface area contributed by atoms with E-state index in [1.165, 1.54) is 26.2 Å². The number of anilines is 1. The van der Waals surface area contributed by atoms with E-state index < -0.39 is 15.9 Å². The fraction of sp³-hybridized carbons (Fsp3) is 0.381. The first kappa shape index (κ1) is 24.1. The molecule has 0 radical (unpaired) electrons. The van der Waals surface area contributed by atoms with Gasteiger partial charge in [-0.25, -0.2) is 8.42 Å². The van der Waals surface area contributed by atoms with Gasteiger partial charge in [0.15, 0.2) is 11.5 Å². The Morgan fingerprint density at radius 3 is 2.06 bits per heavy atom. The average Bonchev–Trinajstić information content (AvgIpc) is 2.75. The Balaban J connectivity index is 2.25. The van der Waals surface area contributed by atoms with Crippen LogP contribution in [0, 0.1) is 0 Å². The molecule has 0 bridgehead atoms. The van der Waals surface area contributed by atoms with Crippen LogP contribution >= 0.6 is 0 Å². The predicted molar refractivity (Wildman–Crippen MR) is 118 cm³/mol. The van der Waals surface area contributed by atoms with E-state index in [9.17, 15) is 13.2 Å². The lowest BCUT2D eigenvalue weighted by atomic mass is 10.2. The van der Waals surface area contributed by atoms with E-state index in [0.717, 1.165) is 16.1 Å². The van der Waals surface area contributed by atoms with Crippen LogP contribution in [0.5, 0.6) is 23.0 Å². The first-order valence-electron chi connectivity index (χ1n) is 9.29. The second kappa shape index (κ2) is 10.3. The zero-order valence-corrected chi connectivity index (χ0v) is 19.4. The van der Waals surface area contributed by atoms with Gasteiger partial charge in [0.1, 0.15) is 18.0 Å². The third kappa shape index (κ3) is 5.94. The highest BCUT2D eigenvalue weighted by molar-refractivity contribution is 7.92. The van der Waals surface area contributed by atoms with E-state index in [1.54, 1.807) is 44.5 Å². The van der Waals surface area contributed by atoms with Crippen LogP contribution in [0.15, 0.2) is 36.4 Å². The highest BCUT2D eigenvalue weighted by atomic mass is 32.2. The molecule has 0 N–H and O–H groups in total. The van der Waals surface area contributed by atoms with Crippen molar-refractivity contribution in [3.05, 3.63) is 42.0 Å². The summed E-state index contributed by atoms with van der Waals surface area (Å²) in [5.74, 6) is 1.51. The van der Waals surface area contributed by atoms with Crippen LogP contribution in [0.4, 0.5) is 5.69 Å². The molecule has 10 heteroatoms. The first-order chi connectivity index (χ1) is 14.6. The number of carbonyl (C=O) groups excluding carboxylic acids is 1. The molecule has 0 saturated carbocycles. The summed E-state index contributed by atoms with van der Waals surface area (Å²) in [6, 6.07) is 10.0. The van der Waals surface area contributed by atoms with Crippen LogP contribution in [0.3, 0.4) is 0 Å². The van der Waals surface area contributed by atoms with Crippen molar-refractivity contribution in [1.29, 1.82) is 0 Å². The first-order valence-corrected chi connectivity index (χ1v) is 11.1. The van der Waals surface area contributed by atoms with Crippen LogP contribution in [-0.4, -0.2) is 67.5 Å². The molecule has 0 heterocycles. The third-order valence-electron chi connectivity index (χ3n) is 4.63. The van der Waals surface area contributed by atoms with Crippen LogP contribution in [0.25, 0.3) is 0 Å². The van der Waals surface area contributed by atoms with Crippen molar-refractivity contribution in [2.75, 3.05) is 52.6 Å². The molecule has 0 atom stereocenters.